The van der Waals surface area contributed by atoms with Gasteiger partial charge in [0.1, 0.15) is 5.75 Å². The number of benzene rings is 1. The molecule has 0 N–H and O–H groups in total. The molecule has 3 nitrogen and oxygen atoms in total. The summed E-state index contributed by atoms with van der Waals surface area (Å²) < 4.78 is 52.9. The predicted molar refractivity (Wildman–Crippen MR) is 78.7 cm³/mol. The van der Waals surface area contributed by atoms with Gasteiger partial charge in [-0.1, -0.05) is 0 Å². The van der Waals surface area contributed by atoms with Crippen LogP contribution in [-0.2, 0) is 6.54 Å². The van der Waals surface area contributed by atoms with E-state index in [1.807, 2.05) is 35.0 Å². The number of aromatic nitrogens is 1. The van der Waals surface area contributed by atoms with Crippen LogP contribution < -0.4 is 4.74 Å². The summed E-state index contributed by atoms with van der Waals surface area (Å²) in [6.07, 6.45) is 4.36. The van der Waals surface area contributed by atoms with E-state index in [-0.39, 0.29) is 6.54 Å². The number of hydrogen-bond acceptors (Lipinski definition) is 2. The fourth-order valence-electron chi connectivity index (χ4n) is 2.16. The number of hydrogen-bond donors (Lipinski definition) is 0. The number of fused-ring (bicyclic) bond motifs is 1. The first kappa shape index (κ1) is 7.34. The lowest BCUT2D eigenvalue weighted by atomic mass is 10.2. The smallest absolute Gasteiger partial charge is 0.120 e. The molecule has 1 aromatic carbocycles. The molecule has 1 fully saturated rings. The van der Waals surface area contributed by atoms with Crippen molar-refractivity contribution in [3.63, 3.8) is 0 Å². The minimum Gasteiger partial charge on any atom is -0.490 e. The normalized spacial score (nSPS) is 23.1. The summed E-state index contributed by atoms with van der Waals surface area (Å²) in [7, 11) is 0. The maximum atomic E-state index is 7.54. The lowest BCUT2D eigenvalue weighted by molar-refractivity contribution is 0.286. The van der Waals surface area contributed by atoms with Crippen LogP contribution in [0.1, 0.15) is 28.0 Å². The van der Waals surface area contributed by atoms with E-state index in [2.05, 4.69) is 0 Å². The fraction of sp³-hybridized carbons (Fsp3) is 0.500. The van der Waals surface area contributed by atoms with Crippen molar-refractivity contribution in [2.45, 2.75) is 38.5 Å². The van der Waals surface area contributed by atoms with Crippen LogP contribution in [0.25, 0.3) is 10.9 Å². The Morgan fingerprint density at radius 3 is 3.00 bits per heavy atom. The van der Waals surface area contributed by atoms with Gasteiger partial charge in [0, 0.05) is 37.9 Å². The molecule has 1 saturated carbocycles. The SMILES string of the molecule is [2H]C([2H])([2H])N([C@H](C)Cn1ccc2cc(OC3CC3)ccc21)C([2H])([2H])[2H]. The number of rotatable bonds is 5. The quantitative estimate of drug-likeness (QED) is 0.825. The van der Waals surface area contributed by atoms with Gasteiger partial charge in [0.05, 0.1) is 6.10 Å². The van der Waals surface area contributed by atoms with Crippen LogP contribution in [-0.4, -0.2) is 35.6 Å². The molecule has 1 aromatic heterocycles. The third-order valence-corrected chi connectivity index (χ3v) is 3.47. The molecule has 0 radical (unpaired) electrons. The maximum absolute atomic E-state index is 7.54. The highest BCUT2D eigenvalue weighted by Gasteiger charge is 2.23. The average Bonchev–Trinajstić information content (AvgIpc) is 3.16. The van der Waals surface area contributed by atoms with E-state index in [9.17, 15) is 0 Å². The Labute approximate surface area is 123 Å². The molecule has 3 rings (SSSR count). The van der Waals surface area contributed by atoms with Crippen molar-refractivity contribution in [3.8, 4) is 5.75 Å². The minimum absolute atomic E-state index is 0.267. The molecule has 1 heterocycles. The summed E-state index contributed by atoms with van der Waals surface area (Å²) in [5.41, 5.74) is 0.922. The molecule has 0 unspecified atom stereocenters. The Hall–Kier alpha value is -1.48. The van der Waals surface area contributed by atoms with Crippen LogP contribution in [0.2, 0.25) is 0 Å². The molecule has 0 amide bonds. The van der Waals surface area contributed by atoms with E-state index >= 15 is 0 Å². The molecule has 0 spiro atoms. The third-order valence-electron chi connectivity index (χ3n) is 3.47. The van der Waals surface area contributed by atoms with Crippen molar-refractivity contribution in [1.29, 1.82) is 0 Å². The van der Waals surface area contributed by atoms with Gasteiger partial charge in [-0.3, -0.25) is 0 Å². The number of ether oxygens (including phenoxy) is 1. The Balaban J connectivity index is 1.81. The van der Waals surface area contributed by atoms with E-state index in [0.717, 1.165) is 29.5 Å². The van der Waals surface area contributed by atoms with E-state index in [0.29, 0.717) is 11.0 Å². The zero-order valence-electron chi connectivity index (χ0n) is 17.0. The van der Waals surface area contributed by atoms with Crippen molar-refractivity contribution in [3.05, 3.63) is 30.5 Å². The third kappa shape index (κ3) is 2.76. The van der Waals surface area contributed by atoms with Crippen molar-refractivity contribution < 1.29 is 13.0 Å². The van der Waals surface area contributed by atoms with Crippen molar-refractivity contribution in [2.75, 3.05) is 14.0 Å². The van der Waals surface area contributed by atoms with Gasteiger partial charge in [0.25, 0.3) is 0 Å². The second kappa shape index (κ2) is 4.89. The Bertz CT molecular complexity index is 733. The predicted octanol–water partition coefficient (Wildman–Crippen LogP) is 3.13. The van der Waals surface area contributed by atoms with Gasteiger partial charge in [0.15, 0.2) is 0 Å². The zero-order chi connectivity index (χ0) is 18.4. The van der Waals surface area contributed by atoms with E-state index in [1.165, 1.54) is 0 Å². The zero-order valence-corrected chi connectivity index (χ0v) is 11.0. The monoisotopic (exact) mass is 264 g/mol. The summed E-state index contributed by atoms with van der Waals surface area (Å²) in [4.78, 5) is 0.621. The van der Waals surface area contributed by atoms with Gasteiger partial charge < -0.3 is 14.2 Å². The molecule has 0 aliphatic heterocycles. The summed E-state index contributed by atoms with van der Waals surface area (Å²) in [5.74, 6) is 0.826. The average molecular weight is 264 g/mol. The molecule has 0 bridgehead atoms. The summed E-state index contributed by atoms with van der Waals surface area (Å²) >= 11 is 0. The Kier molecular flexibility index (Phi) is 1.89. The van der Waals surface area contributed by atoms with E-state index < -0.39 is 20.0 Å². The molecular formula is C16H22N2O. The largest absolute Gasteiger partial charge is 0.490 e. The van der Waals surface area contributed by atoms with Gasteiger partial charge in [-0.2, -0.15) is 0 Å². The van der Waals surface area contributed by atoms with Crippen LogP contribution in [0.4, 0.5) is 0 Å². The van der Waals surface area contributed by atoms with E-state index in [4.69, 9.17) is 13.0 Å². The molecule has 1 atom stereocenters. The topological polar surface area (TPSA) is 17.4 Å². The number of likely N-dealkylation sites (N-methyl/N-ethyl adjacent to an activating group) is 1. The first-order valence-corrected chi connectivity index (χ1v) is 6.61. The standard InChI is InChI=1S/C16H22N2O/c1-12(17(2)3)11-18-9-8-13-10-15(6-7-16(13)18)19-14-4-5-14/h6-10,12,14H,4-5,11H2,1-3H3/t12-/m1/s1/i2D3,3D3. The first-order chi connectivity index (χ1) is 11.6. The summed E-state index contributed by atoms with van der Waals surface area (Å²) in [5, 5.41) is 0.986. The molecule has 0 saturated heterocycles. The van der Waals surface area contributed by atoms with Gasteiger partial charge in [-0.15, -0.1) is 0 Å². The van der Waals surface area contributed by atoms with Crippen molar-refractivity contribution in [1.82, 2.24) is 9.47 Å². The highest BCUT2D eigenvalue weighted by Crippen LogP contribution is 2.29. The van der Waals surface area contributed by atoms with Gasteiger partial charge in [-0.25, -0.2) is 0 Å². The highest BCUT2D eigenvalue weighted by atomic mass is 16.5. The molecule has 1 aliphatic rings. The number of nitrogens with zero attached hydrogens (tertiary/aromatic N) is 2. The van der Waals surface area contributed by atoms with Crippen molar-refractivity contribution >= 4 is 10.9 Å². The molecule has 2 aromatic rings. The van der Waals surface area contributed by atoms with Crippen LogP contribution in [0, 0.1) is 0 Å². The Morgan fingerprint density at radius 1 is 1.42 bits per heavy atom. The van der Waals surface area contributed by atoms with Gasteiger partial charge in [-0.05, 0) is 58.0 Å². The van der Waals surface area contributed by atoms with Gasteiger partial charge in [0.2, 0.25) is 0 Å². The summed E-state index contributed by atoms with van der Waals surface area (Å²) in [6.45, 7) is -3.48. The lowest BCUT2D eigenvalue weighted by Gasteiger charge is -2.20. The van der Waals surface area contributed by atoms with Crippen LogP contribution in [0.3, 0.4) is 0 Å². The minimum atomic E-state index is -2.68. The summed E-state index contributed by atoms with van der Waals surface area (Å²) in [6, 6.07) is 7.02. The first-order valence-electron chi connectivity index (χ1n) is 9.61. The second-order valence-electron chi connectivity index (χ2n) is 5.22. The highest BCUT2D eigenvalue weighted by molar-refractivity contribution is 5.81. The molecule has 19 heavy (non-hydrogen) atoms. The van der Waals surface area contributed by atoms with Crippen LogP contribution >= 0.6 is 0 Å². The molecular weight excluding hydrogens is 236 g/mol. The Morgan fingerprint density at radius 2 is 2.26 bits per heavy atom. The van der Waals surface area contributed by atoms with E-state index in [1.54, 1.807) is 6.92 Å². The van der Waals surface area contributed by atoms with Gasteiger partial charge >= 0.3 is 0 Å². The van der Waals surface area contributed by atoms with Crippen molar-refractivity contribution in [2.24, 2.45) is 0 Å². The molecule has 1 aliphatic carbocycles. The molecule has 102 valence electrons. The van der Waals surface area contributed by atoms with Crippen LogP contribution in [0.15, 0.2) is 30.5 Å². The maximum Gasteiger partial charge on any atom is 0.120 e. The van der Waals surface area contributed by atoms with Crippen LogP contribution in [0.5, 0.6) is 5.75 Å². The lowest BCUT2D eigenvalue weighted by Crippen LogP contribution is -2.28. The fourth-order valence-corrected chi connectivity index (χ4v) is 2.16. The molecule has 3 heteroatoms. The second-order valence-corrected chi connectivity index (χ2v) is 5.22.